The number of aliphatic hydroxyl groups is 1. The first-order valence-corrected chi connectivity index (χ1v) is 6.60. The van der Waals surface area contributed by atoms with Crippen LogP contribution in [0.4, 0.5) is 5.69 Å². The predicted molar refractivity (Wildman–Crippen MR) is 73.5 cm³/mol. The van der Waals surface area contributed by atoms with Crippen LogP contribution < -0.4 is 5.32 Å². The molecule has 1 unspecified atom stereocenters. The van der Waals surface area contributed by atoms with Gasteiger partial charge in [-0.05, 0) is 36.9 Å². The van der Waals surface area contributed by atoms with E-state index in [1.807, 2.05) is 24.3 Å². The van der Waals surface area contributed by atoms with Gasteiger partial charge in [0.25, 0.3) is 0 Å². The normalized spacial score (nSPS) is 12.4. The highest BCUT2D eigenvalue weighted by Gasteiger charge is 2.07. The van der Waals surface area contributed by atoms with Gasteiger partial charge in [-0.25, -0.2) is 0 Å². The first-order chi connectivity index (χ1) is 8.18. The molecule has 0 spiro atoms. The van der Waals surface area contributed by atoms with E-state index >= 15 is 0 Å². The van der Waals surface area contributed by atoms with Crippen molar-refractivity contribution in [3.8, 4) is 0 Å². The van der Waals surface area contributed by atoms with Crippen molar-refractivity contribution in [1.29, 1.82) is 0 Å². The lowest BCUT2D eigenvalue weighted by Gasteiger charge is -2.13. The van der Waals surface area contributed by atoms with Gasteiger partial charge in [-0.1, -0.05) is 18.2 Å². The third-order valence-corrected chi connectivity index (χ3v) is 3.84. The molecule has 1 atom stereocenters. The van der Waals surface area contributed by atoms with Crippen LogP contribution in [0.1, 0.15) is 29.0 Å². The molecule has 1 heterocycles. The van der Waals surface area contributed by atoms with Crippen LogP contribution in [0, 0.1) is 6.92 Å². The van der Waals surface area contributed by atoms with Gasteiger partial charge >= 0.3 is 0 Å². The fourth-order valence-corrected chi connectivity index (χ4v) is 2.63. The number of hydrogen-bond acceptors (Lipinski definition) is 3. The summed E-state index contributed by atoms with van der Waals surface area (Å²) in [5.41, 5.74) is 3.27. The summed E-state index contributed by atoms with van der Waals surface area (Å²) < 4.78 is 0. The molecule has 90 valence electrons. The molecule has 17 heavy (non-hydrogen) atoms. The Bertz CT molecular complexity index is 490. The highest BCUT2D eigenvalue weighted by molar-refractivity contribution is 7.10. The molecular formula is C14H17NOS. The first kappa shape index (κ1) is 12.1. The molecule has 2 rings (SSSR count). The minimum absolute atomic E-state index is 0.442. The predicted octanol–water partition coefficient (Wildman–Crippen LogP) is 3.72. The largest absolute Gasteiger partial charge is 0.389 e. The SMILES string of the molecule is Cc1ccsc1CNc1ccccc1C(C)O. The third kappa shape index (κ3) is 2.87. The van der Waals surface area contributed by atoms with Crippen molar-refractivity contribution in [3.63, 3.8) is 0 Å². The van der Waals surface area contributed by atoms with Gasteiger partial charge in [0.15, 0.2) is 0 Å². The number of benzene rings is 1. The number of hydrogen-bond donors (Lipinski definition) is 2. The Labute approximate surface area is 106 Å². The summed E-state index contributed by atoms with van der Waals surface area (Å²) in [5.74, 6) is 0. The van der Waals surface area contributed by atoms with Crippen LogP contribution in [-0.4, -0.2) is 5.11 Å². The summed E-state index contributed by atoms with van der Waals surface area (Å²) in [5, 5.41) is 15.2. The van der Waals surface area contributed by atoms with E-state index in [0.717, 1.165) is 17.8 Å². The minimum Gasteiger partial charge on any atom is -0.389 e. The molecule has 2 nitrogen and oxygen atoms in total. The summed E-state index contributed by atoms with van der Waals surface area (Å²) in [6.45, 7) is 4.72. The highest BCUT2D eigenvalue weighted by atomic mass is 32.1. The molecule has 2 aromatic rings. The molecule has 0 radical (unpaired) electrons. The van der Waals surface area contributed by atoms with Crippen molar-refractivity contribution in [1.82, 2.24) is 0 Å². The van der Waals surface area contributed by atoms with Gasteiger partial charge in [-0.15, -0.1) is 11.3 Å². The van der Waals surface area contributed by atoms with E-state index in [4.69, 9.17) is 0 Å². The second kappa shape index (κ2) is 5.34. The molecule has 0 aliphatic heterocycles. The van der Waals surface area contributed by atoms with E-state index < -0.39 is 6.10 Å². The molecule has 0 aliphatic carbocycles. The molecule has 0 saturated carbocycles. The number of para-hydroxylation sites is 1. The van der Waals surface area contributed by atoms with Crippen molar-refractivity contribution in [2.45, 2.75) is 26.5 Å². The Balaban J connectivity index is 2.11. The molecule has 0 amide bonds. The second-order valence-corrected chi connectivity index (χ2v) is 5.14. The Kier molecular flexibility index (Phi) is 3.82. The van der Waals surface area contributed by atoms with Crippen molar-refractivity contribution in [2.75, 3.05) is 5.32 Å². The maximum Gasteiger partial charge on any atom is 0.0781 e. The van der Waals surface area contributed by atoms with E-state index in [-0.39, 0.29) is 0 Å². The van der Waals surface area contributed by atoms with E-state index in [9.17, 15) is 5.11 Å². The van der Waals surface area contributed by atoms with Gasteiger partial charge < -0.3 is 10.4 Å². The van der Waals surface area contributed by atoms with Crippen LogP contribution in [0.25, 0.3) is 0 Å². The highest BCUT2D eigenvalue weighted by Crippen LogP contribution is 2.24. The number of rotatable bonds is 4. The van der Waals surface area contributed by atoms with Gasteiger partial charge in [0, 0.05) is 22.7 Å². The van der Waals surface area contributed by atoms with Gasteiger partial charge in [0.05, 0.1) is 6.10 Å². The molecule has 3 heteroatoms. The lowest BCUT2D eigenvalue weighted by atomic mass is 10.1. The van der Waals surface area contributed by atoms with E-state index in [0.29, 0.717) is 0 Å². The monoisotopic (exact) mass is 247 g/mol. The van der Waals surface area contributed by atoms with Crippen molar-refractivity contribution in [3.05, 3.63) is 51.7 Å². The number of aryl methyl sites for hydroxylation is 1. The van der Waals surface area contributed by atoms with E-state index in [1.54, 1.807) is 18.3 Å². The lowest BCUT2D eigenvalue weighted by Crippen LogP contribution is -2.03. The molecule has 1 aromatic heterocycles. The molecular weight excluding hydrogens is 230 g/mol. The fraction of sp³-hybridized carbons (Fsp3) is 0.286. The van der Waals surface area contributed by atoms with Crippen molar-refractivity contribution in [2.24, 2.45) is 0 Å². The van der Waals surface area contributed by atoms with Crippen molar-refractivity contribution < 1.29 is 5.11 Å². The van der Waals surface area contributed by atoms with Crippen LogP contribution in [0.3, 0.4) is 0 Å². The summed E-state index contributed by atoms with van der Waals surface area (Å²) in [7, 11) is 0. The Morgan fingerprint density at radius 2 is 2.06 bits per heavy atom. The van der Waals surface area contributed by atoms with E-state index in [2.05, 4.69) is 23.7 Å². The van der Waals surface area contributed by atoms with Crippen LogP contribution in [0.5, 0.6) is 0 Å². The zero-order chi connectivity index (χ0) is 12.3. The lowest BCUT2D eigenvalue weighted by molar-refractivity contribution is 0.200. The maximum atomic E-state index is 9.68. The van der Waals surface area contributed by atoms with Gasteiger partial charge in [0.2, 0.25) is 0 Å². The van der Waals surface area contributed by atoms with Crippen LogP contribution in [0.2, 0.25) is 0 Å². The number of anilines is 1. The Hall–Kier alpha value is -1.32. The summed E-state index contributed by atoms with van der Waals surface area (Å²) in [4.78, 5) is 1.34. The molecule has 2 N–H and O–H groups in total. The summed E-state index contributed by atoms with van der Waals surface area (Å²) in [6, 6.07) is 10.0. The molecule has 0 aliphatic rings. The fourth-order valence-electron chi connectivity index (χ4n) is 1.78. The molecule has 0 fully saturated rings. The van der Waals surface area contributed by atoms with E-state index in [1.165, 1.54) is 10.4 Å². The summed E-state index contributed by atoms with van der Waals surface area (Å²) in [6.07, 6.45) is -0.442. The number of nitrogens with one attached hydrogen (secondary N) is 1. The molecule has 0 bridgehead atoms. The smallest absolute Gasteiger partial charge is 0.0781 e. The minimum atomic E-state index is -0.442. The van der Waals surface area contributed by atoms with Crippen LogP contribution >= 0.6 is 11.3 Å². The first-order valence-electron chi connectivity index (χ1n) is 5.72. The maximum absolute atomic E-state index is 9.68. The van der Waals surface area contributed by atoms with Crippen molar-refractivity contribution >= 4 is 17.0 Å². The quantitative estimate of drug-likeness (QED) is 0.863. The number of thiophene rings is 1. The van der Waals surface area contributed by atoms with Crippen LogP contribution in [-0.2, 0) is 6.54 Å². The molecule has 0 saturated heterocycles. The topological polar surface area (TPSA) is 32.3 Å². The average molecular weight is 247 g/mol. The van der Waals surface area contributed by atoms with Crippen LogP contribution in [0.15, 0.2) is 35.7 Å². The van der Waals surface area contributed by atoms with Gasteiger partial charge in [0.1, 0.15) is 0 Å². The molecule has 1 aromatic carbocycles. The second-order valence-electron chi connectivity index (χ2n) is 4.14. The Morgan fingerprint density at radius 1 is 1.29 bits per heavy atom. The Morgan fingerprint density at radius 3 is 2.71 bits per heavy atom. The summed E-state index contributed by atoms with van der Waals surface area (Å²) >= 11 is 1.76. The van der Waals surface area contributed by atoms with Gasteiger partial charge in [-0.3, -0.25) is 0 Å². The average Bonchev–Trinajstić information content (AvgIpc) is 2.72. The van der Waals surface area contributed by atoms with Gasteiger partial charge in [-0.2, -0.15) is 0 Å². The number of aliphatic hydroxyl groups excluding tert-OH is 1. The zero-order valence-corrected chi connectivity index (χ0v) is 10.9. The third-order valence-electron chi connectivity index (χ3n) is 2.82. The zero-order valence-electron chi connectivity index (χ0n) is 10.1. The standard InChI is InChI=1S/C14H17NOS/c1-10-7-8-17-14(10)9-15-13-6-4-3-5-12(13)11(2)16/h3-8,11,15-16H,9H2,1-2H3.